The fraction of sp³-hybridized carbons (Fsp3) is 0.750. The van der Waals surface area contributed by atoms with Crippen LogP contribution in [0, 0.1) is 0 Å². The van der Waals surface area contributed by atoms with Gasteiger partial charge in [-0.3, -0.25) is 14.4 Å². The van der Waals surface area contributed by atoms with Gasteiger partial charge in [-0.05, 0) is 13.3 Å². The van der Waals surface area contributed by atoms with Crippen LogP contribution in [0.5, 0.6) is 0 Å². The maximum Gasteiger partial charge on any atom is 0.307 e. The van der Waals surface area contributed by atoms with Crippen LogP contribution in [0.3, 0.4) is 0 Å². The molecule has 104 valence electrons. The number of ether oxygens (including phenoxy) is 1. The second-order valence-corrected chi connectivity index (χ2v) is 3.90. The lowest BCUT2D eigenvalue weighted by Crippen LogP contribution is -2.34. The van der Waals surface area contributed by atoms with E-state index < -0.39 is 0 Å². The number of esters is 1. The quantitative estimate of drug-likeness (QED) is 0.502. The number of nitrogens with one attached hydrogen (secondary N) is 1. The Bertz CT molecular complexity index is 292. The van der Waals surface area contributed by atoms with Gasteiger partial charge in [0.15, 0.2) is 0 Å². The Morgan fingerprint density at radius 1 is 1.17 bits per heavy atom. The summed E-state index contributed by atoms with van der Waals surface area (Å²) in [6, 6.07) is 0. The molecule has 0 saturated heterocycles. The zero-order valence-electron chi connectivity index (χ0n) is 11.3. The summed E-state index contributed by atoms with van der Waals surface area (Å²) in [6.07, 6.45) is 0.871. The normalized spacial score (nSPS) is 9.72. The van der Waals surface area contributed by atoms with Gasteiger partial charge in [-0.1, -0.05) is 0 Å². The molecular weight excluding hydrogens is 236 g/mol. The van der Waals surface area contributed by atoms with Gasteiger partial charge in [0.25, 0.3) is 0 Å². The summed E-state index contributed by atoms with van der Waals surface area (Å²) in [5.41, 5.74) is 0. The number of carbonyl (C=O) groups is 3. The number of amides is 2. The SMILES string of the molecule is CCOC(=O)CCN(CCCNC(C)=O)C(C)=O. The highest BCUT2D eigenvalue weighted by atomic mass is 16.5. The molecule has 0 spiro atoms. The average molecular weight is 258 g/mol. The standard InChI is InChI=1S/C12H22N2O4/c1-4-18-12(17)6-9-14(11(3)16)8-5-7-13-10(2)15/h4-9H2,1-3H3,(H,13,15). The van der Waals surface area contributed by atoms with Gasteiger partial charge in [0.05, 0.1) is 13.0 Å². The first kappa shape index (κ1) is 16.4. The van der Waals surface area contributed by atoms with Crippen LogP contribution in [0.1, 0.15) is 33.6 Å². The molecule has 0 rings (SSSR count). The number of rotatable bonds is 8. The van der Waals surface area contributed by atoms with Crippen molar-refractivity contribution in [3.63, 3.8) is 0 Å². The van der Waals surface area contributed by atoms with Gasteiger partial charge < -0.3 is 15.0 Å². The highest BCUT2D eigenvalue weighted by Crippen LogP contribution is 1.97. The Morgan fingerprint density at radius 3 is 2.33 bits per heavy atom. The second-order valence-electron chi connectivity index (χ2n) is 3.90. The molecule has 0 aliphatic carbocycles. The van der Waals surface area contributed by atoms with Crippen LogP contribution in [-0.4, -0.2) is 48.9 Å². The summed E-state index contributed by atoms with van der Waals surface area (Å²) < 4.78 is 4.80. The fourth-order valence-corrected chi connectivity index (χ4v) is 1.42. The van der Waals surface area contributed by atoms with Gasteiger partial charge in [-0.2, -0.15) is 0 Å². The number of hydrogen-bond donors (Lipinski definition) is 1. The maximum atomic E-state index is 11.3. The van der Waals surface area contributed by atoms with Crippen molar-refractivity contribution in [2.45, 2.75) is 33.6 Å². The van der Waals surface area contributed by atoms with E-state index in [1.54, 1.807) is 11.8 Å². The van der Waals surface area contributed by atoms with E-state index in [1.165, 1.54) is 13.8 Å². The first-order valence-electron chi connectivity index (χ1n) is 6.13. The van der Waals surface area contributed by atoms with Crippen LogP contribution < -0.4 is 5.32 Å². The van der Waals surface area contributed by atoms with E-state index in [9.17, 15) is 14.4 Å². The maximum absolute atomic E-state index is 11.3. The van der Waals surface area contributed by atoms with Crippen molar-refractivity contribution in [2.75, 3.05) is 26.2 Å². The molecule has 0 saturated carbocycles. The number of nitrogens with zero attached hydrogens (tertiary/aromatic N) is 1. The molecule has 1 N–H and O–H groups in total. The molecule has 6 nitrogen and oxygen atoms in total. The zero-order valence-corrected chi connectivity index (χ0v) is 11.3. The summed E-state index contributed by atoms with van der Waals surface area (Å²) in [6.45, 7) is 6.41. The van der Waals surface area contributed by atoms with Crippen LogP contribution >= 0.6 is 0 Å². The molecule has 0 bridgehead atoms. The molecule has 2 amide bonds. The highest BCUT2D eigenvalue weighted by Gasteiger charge is 2.11. The monoisotopic (exact) mass is 258 g/mol. The predicted molar refractivity (Wildman–Crippen MR) is 66.8 cm³/mol. The van der Waals surface area contributed by atoms with E-state index >= 15 is 0 Å². The summed E-state index contributed by atoms with van der Waals surface area (Å²) in [4.78, 5) is 34.7. The molecule has 0 aromatic heterocycles. The zero-order chi connectivity index (χ0) is 14.0. The first-order chi connectivity index (χ1) is 8.47. The van der Waals surface area contributed by atoms with Gasteiger partial charge in [-0.25, -0.2) is 0 Å². The average Bonchev–Trinajstić information content (AvgIpc) is 2.27. The molecule has 18 heavy (non-hydrogen) atoms. The third-order valence-corrected chi connectivity index (χ3v) is 2.32. The van der Waals surface area contributed by atoms with Gasteiger partial charge >= 0.3 is 5.97 Å². The lowest BCUT2D eigenvalue weighted by molar-refractivity contribution is -0.144. The Hall–Kier alpha value is -1.59. The van der Waals surface area contributed by atoms with Gasteiger partial charge in [0.2, 0.25) is 11.8 Å². The predicted octanol–water partition coefficient (Wildman–Crippen LogP) is 0.314. The van der Waals surface area contributed by atoms with Crippen LogP contribution in [-0.2, 0) is 19.1 Å². The van der Waals surface area contributed by atoms with Crippen LogP contribution in [0.25, 0.3) is 0 Å². The van der Waals surface area contributed by atoms with Gasteiger partial charge in [0.1, 0.15) is 0 Å². The van der Waals surface area contributed by atoms with Crippen molar-refractivity contribution >= 4 is 17.8 Å². The Kier molecular flexibility index (Phi) is 8.61. The molecule has 0 heterocycles. The molecule has 6 heteroatoms. The lowest BCUT2D eigenvalue weighted by Gasteiger charge is -2.20. The summed E-state index contributed by atoms with van der Waals surface area (Å²) in [5, 5.41) is 2.66. The molecule has 0 aliphatic rings. The molecular formula is C12H22N2O4. The molecule has 0 aromatic carbocycles. The summed E-state index contributed by atoms with van der Waals surface area (Å²) in [5.74, 6) is -0.469. The van der Waals surface area contributed by atoms with E-state index in [4.69, 9.17) is 4.74 Å². The van der Waals surface area contributed by atoms with Crippen molar-refractivity contribution in [3.05, 3.63) is 0 Å². The molecule has 0 atom stereocenters. The van der Waals surface area contributed by atoms with E-state index in [2.05, 4.69) is 5.32 Å². The minimum atomic E-state index is -0.300. The van der Waals surface area contributed by atoms with E-state index in [0.29, 0.717) is 32.7 Å². The molecule has 0 aliphatic heterocycles. The van der Waals surface area contributed by atoms with E-state index in [1.807, 2.05) is 0 Å². The number of carbonyl (C=O) groups excluding carboxylic acids is 3. The Labute approximate surface area is 108 Å². The first-order valence-corrected chi connectivity index (χ1v) is 6.13. The minimum Gasteiger partial charge on any atom is -0.466 e. The summed E-state index contributed by atoms with van der Waals surface area (Å²) >= 11 is 0. The Morgan fingerprint density at radius 2 is 1.83 bits per heavy atom. The molecule has 0 aromatic rings. The van der Waals surface area contributed by atoms with E-state index in [0.717, 1.165) is 0 Å². The lowest BCUT2D eigenvalue weighted by atomic mass is 10.3. The van der Waals surface area contributed by atoms with Crippen molar-refractivity contribution in [2.24, 2.45) is 0 Å². The van der Waals surface area contributed by atoms with Gasteiger partial charge in [-0.15, -0.1) is 0 Å². The van der Waals surface area contributed by atoms with Crippen molar-refractivity contribution in [1.82, 2.24) is 10.2 Å². The minimum absolute atomic E-state index is 0.0814. The molecule has 0 radical (unpaired) electrons. The van der Waals surface area contributed by atoms with Crippen LogP contribution in [0.15, 0.2) is 0 Å². The number of hydrogen-bond acceptors (Lipinski definition) is 4. The molecule has 0 unspecified atom stereocenters. The van der Waals surface area contributed by atoms with Crippen molar-refractivity contribution < 1.29 is 19.1 Å². The third-order valence-electron chi connectivity index (χ3n) is 2.32. The van der Waals surface area contributed by atoms with Crippen LogP contribution in [0.4, 0.5) is 0 Å². The highest BCUT2D eigenvalue weighted by molar-refractivity contribution is 5.75. The van der Waals surface area contributed by atoms with E-state index in [-0.39, 0.29) is 24.2 Å². The summed E-state index contributed by atoms with van der Waals surface area (Å²) in [7, 11) is 0. The largest absolute Gasteiger partial charge is 0.466 e. The second kappa shape index (κ2) is 9.44. The van der Waals surface area contributed by atoms with Crippen molar-refractivity contribution in [3.8, 4) is 0 Å². The molecule has 0 fully saturated rings. The Balaban J connectivity index is 3.89. The van der Waals surface area contributed by atoms with Crippen LogP contribution in [0.2, 0.25) is 0 Å². The topological polar surface area (TPSA) is 75.7 Å². The third kappa shape index (κ3) is 8.55. The smallest absolute Gasteiger partial charge is 0.307 e. The van der Waals surface area contributed by atoms with Crippen molar-refractivity contribution in [1.29, 1.82) is 0 Å². The fourth-order valence-electron chi connectivity index (χ4n) is 1.42. The van der Waals surface area contributed by atoms with Gasteiger partial charge in [0, 0.05) is 33.5 Å².